The van der Waals surface area contributed by atoms with E-state index in [0.717, 1.165) is 16.5 Å². The predicted octanol–water partition coefficient (Wildman–Crippen LogP) is 2.76. The van der Waals surface area contributed by atoms with Crippen LogP contribution in [0.1, 0.15) is 12.0 Å². The molecule has 3 aromatic rings. The zero-order valence-corrected chi connectivity index (χ0v) is 19.1. The summed E-state index contributed by atoms with van der Waals surface area (Å²) in [6, 6.07) is -1.19. The Labute approximate surface area is 196 Å². The standard InChI is InChI=1S/C21H23F4N7O3/c1-30-9-11(21(23,24)25)6-13(19(30)33)28-20(34)31(2)14-4-5-32(10-12(14)22)16-8-27-18-17(29-16)15(35-3)7-26-18/h6-9,12,14H,4-5,10H2,1-3H3,(H,26,27)(H,28,34)/t12-,14+/m0/s1. The van der Waals surface area contributed by atoms with Gasteiger partial charge in [-0.05, 0) is 12.5 Å². The fourth-order valence-corrected chi connectivity index (χ4v) is 4.01. The molecule has 0 aromatic carbocycles. The molecule has 0 radical (unpaired) electrons. The van der Waals surface area contributed by atoms with Gasteiger partial charge in [-0.1, -0.05) is 0 Å². The second-order valence-corrected chi connectivity index (χ2v) is 8.20. The third-order valence-electron chi connectivity index (χ3n) is 5.95. The summed E-state index contributed by atoms with van der Waals surface area (Å²) in [6.07, 6.45) is -2.22. The summed E-state index contributed by atoms with van der Waals surface area (Å²) in [5.74, 6) is 0.939. The number of carbonyl (C=O) groups excluding carboxylic acids is 1. The van der Waals surface area contributed by atoms with Crippen molar-refractivity contribution in [1.29, 1.82) is 0 Å². The van der Waals surface area contributed by atoms with Gasteiger partial charge in [0.05, 0.1) is 31.5 Å². The number of pyridine rings is 1. The Morgan fingerprint density at radius 1 is 1.37 bits per heavy atom. The number of carbonyl (C=O) groups is 1. The molecular formula is C21H23F4N7O3. The molecule has 35 heavy (non-hydrogen) atoms. The fraction of sp³-hybridized carbons (Fsp3) is 0.429. The quantitative estimate of drug-likeness (QED) is 0.537. The zero-order chi connectivity index (χ0) is 25.5. The highest BCUT2D eigenvalue weighted by molar-refractivity contribution is 5.89. The molecule has 2 atom stereocenters. The molecule has 188 valence electrons. The number of halogens is 4. The molecule has 0 spiro atoms. The maximum Gasteiger partial charge on any atom is 0.417 e. The van der Waals surface area contributed by atoms with Gasteiger partial charge in [-0.15, -0.1) is 0 Å². The number of ether oxygens (including phenoxy) is 1. The second-order valence-electron chi connectivity index (χ2n) is 8.20. The van der Waals surface area contributed by atoms with E-state index < -0.39 is 41.2 Å². The van der Waals surface area contributed by atoms with Crippen molar-refractivity contribution >= 4 is 28.7 Å². The SMILES string of the molecule is COc1c[nH]c2ncc(N3CC[C@@H](N(C)C(=O)Nc4cc(C(F)(F)F)cn(C)c4=O)[C@@H](F)C3)nc12. The first-order valence-corrected chi connectivity index (χ1v) is 10.6. The van der Waals surface area contributed by atoms with Gasteiger partial charge in [-0.3, -0.25) is 4.79 Å². The molecular weight excluding hydrogens is 474 g/mol. The number of nitrogens with one attached hydrogen (secondary N) is 2. The van der Waals surface area contributed by atoms with E-state index in [2.05, 4.69) is 20.3 Å². The van der Waals surface area contributed by atoms with E-state index in [0.29, 0.717) is 41.5 Å². The number of aryl methyl sites for hydroxylation is 1. The van der Waals surface area contributed by atoms with E-state index in [4.69, 9.17) is 4.74 Å². The highest BCUT2D eigenvalue weighted by Gasteiger charge is 2.36. The van der Waals surface area contributed by atoms with Crippen molar-refractivity contribution in [3.05, 3.63) is 40.6 Å². The van der Waals surface area contributed by atoms with Crippen LogP contribution in [0.15, 0.2) is 29.5 Å². The molecule has 1 fully saturated rings. The molecule has 2 N–H and O–H groups in total. The van der Waals surface area contributed by atoms with Gasteiger partial charge in [0.2, 0.25) is 0 Å². The number of H-pyrrole nitrogens is 1. The minimum absolute atomic E-state index is 0.0828. The Kier molecular flexibility index (Phi) is 6.30. The van der Waals surface area contributed by atoms with Crippen LogP contribution < -0.4 is 20.5 Å². The van der Waals surface area contributed by atoms with Crippen molar-refractivity contribution in [2.75, 3.05) is 37.5 Å². The Hall–Kier alpha value is -3.84. The van der Waals surface area contributed by atoms with Crippen LogP contribution in [-0.2, 0) is 13.2 Å². The van der Waals surface area contributed by atoms with Crippen LogP contribution >= 0.6 is 0 Å². The van der Waals surface area contributed by atoms with Crippen molar-refractivity contribution in [1.82, 2.24) is 24.4 Å². The molecule has 1 aliphatic rings. The van der Waals surface area contributed by atoms with E-state index in [1.807, 2.05) is 0 Å². The number of rotatable bonds is 4. The maximum atomic E-state index is 15.1. The van der Waals surface area contributed by atoms with Gasteiger partial charge in [0, 0.05) is 33.0 Å². The van der Waals surface area contributed by atoms with E-state index >= 15 is 4.39 Å². The summed E-state index contributed by atoms with van der Waals surface area (Å²) in [4.78, 5) is 39.3. The summed E-state index contributed by atoms with van der Waals surface area (Å²) in [5.41, 5.74) is -1.43. The number of alkyl halides is 4. The van der Waals surface area contributed by atoms with Crippen LogP contribution in [0.3, 0.4) is 0 Å². The summed E-state index contributed by atoms with van der Waals surface area (Å²) in [6.45, 7) is 0.265. The molecule has 0 unspecified atom stereocenters. The summed E-state index contributed by atoms with van der Waals surface area (Å²) in [5, 5.41) is 2.19. The molecule has 0 aliphatic carbocycles. The summed E-state index contributed by atoms with van der Waals surface area (Å²) in [7, 11) is 3.97. The van der Waals surface area contributed by atoms with Crippen LogP contribution in [0.5, 0.6) is 5.75 Å². The van der Waals surface area contributed by atoms with Gasteiger partial charge in [-0.2, -0.15) is 13.2 Å². The highest BCUT2D eigenvalue weighted by Crippen LogP contribution is 2.30. The number of fused-ring (bicyclic) bond motifs is 1. The molecule has 4 rings (SSSR count). The first-order chi connectivity index (χ1) is 16.5. The van der Waals surface area contributed by atoms with Gasteiger partial charge in [0.15, 0.2) is 16.9 Å². The van der Waals surface area contributed by atoms with Gasteiger partial charge in [0.25, 0.3) is 5.56 Å². The van der Waals surface area contributed by atoms with Gasteiger partial charge in [-0.25, -0.2) is 19.2 Å². The number of methoxy groups -OCH3 is 1. The Morgan fingerprint density at radius 2 is 2.11 bits per heavy atom. The zero-order valence-electron chi connectivity index (χ0n) is 19.1. The van der Waals surface area contributed by atoms with Gasteiger partial charge < -0.3 is 29.4 Å². The number of amides is 2. The Morgan fingerprint density at radius 3 is 2.77 bits per heavy atom. The number of urea groups is 1. The van der Waals surface area contributed by atoms with Crippen molar-refractivity contribution in [2.24, 2.45) is 7.05 Å². The fourth-order valence-electron chi connectivity index (χ4n) is 4.01. The summed E-state index contributed by atoms with van der Waals surface area (Å²) >= 11 is 0. The largest absolute Gasteiger partial charge is 0.493 e. The highest BCUT2D eigenvalue weighted by atomic mass is 19.4. The lowest BCUT2D eigenvalue weighted by atomic mass is 10.0. The lowest BCUT2D eigenvalue weighted by Gasteiger charge is -2.39. The topological polar surface area (TPSA) is 108 Å². The molecule has 4 heterocycles. The predicted molar refractivity (Wildman–Crippen MR) is 119 cm³/mol. The molecule has 3 aromatic heterocycles. The molecule has 0 bridgehead atoms. The number of aromatic nitrogens is 4. The molecule has 10 nitrogen and oxygen atoms in total. The number of nitrogens with zero attached hydrogens (tertiary/aromatic N) is 5. The number of anilines is 2. The lowest BCUT2D eigenvalue weighted by molar-refractivity contribution is -0.138. The second kappa shape index (κ2) is 9.07. The first kappa shape index (κ1) is 24.3. The minimum Gasteiger partial charge on any atom is -0.493 e. The van der Waals surface area contributed by atoms with Crippen LogP contribution in [0.25, 0.3) is 11.2 Å². The van der Waals surface area contributed by atoms with E-state index in [9.17, 15) is 22.8 Å². The number of hydrogen-bond acceptors (Lipinski definition) is 6. The van der Waals surface area contributed by atoms with Crippen molar-refractivity contribution in [2.45, 2.75) is 24.8 Å². The first-order valence-electron chi connectivity index (χ1n) is 10.6. The van der Waals surface area contributed by atoms with Gasteiger partial charge >= 0.3 is 12.2 Å². The van der Waals surface area contributed by atoms with Crippen molar-refractivity contribution in [3.8, 4) is 5.75 Å². The van der Waals surface area contributed by atoms with Crippen LogP contribution in [0, 0.1) is 0 Å². The normalized spacial score (nSPS) is 18.5. The number of hydrogen-bond donors (Lipinski definition) is 2. The van der Waals surface area contributed by atoms with Gasteiger partial charge in [0.1, 0.15) is 17.7 Å². The smallest absolute Gasteiger partial charge is 0.417 e. The van der Waals surface area contributed by atoms with Crippen molar-refractivity contribution in [3.63, 3.8) is 0 Å². The third kappa shape index (κ3) is 4.72. The molecule has 2 amide bonds. The van der Waals surface area contributed by atoms with Crippen LogP contribution in [0.2, 0.25) is 0 Å². The lowest BCUT2D eigenvalue weighted by Crippen LogP contribution is -2.54. The summed E-state index contributed by atoms with van der Waals surface area (Å²) < 4.78 is 60.4. The Balaban J connectivity index is 1.46. The van der Waals surface area contributed by atoms with Crippen LogP contribution in [-0.4, -0.2) is 69.9 Å². The maximum absolute atomic E-state index is 15.1. The molecule has 14 heteroatoms. The average molecular weight is 497 g/mol. The monoisotopic (exact) mass is 497 g/mol. The average Bonchev–Trinajstić information content (AvgIpc) is 3.23. The number of piperidine rings is 1. The van der Waals surface area contributed by atoms with E-state index in [1.165, 1.54) is 20.4 Å². The van der Waals surface area contributed by atoms with Crippen molar-refractivity contribution < 1.29 is 27.1 Å². The number of aromatic amines is 1. The molecule has 1 saturated heterocycles. The van der Waals surface area contributed by atoms with E-state index in [1.54, 1.807) is 11.1 Å². The Bertz CT molecular complexity index is 1310. The van der Waals surface area contributed by atoms with E-state index in [-0.39, 0.29) is 13.0 Å². The molecule has 1 aliphatic heterocycles. The van der Waals surface area contributed by atoms with Crippen LogP contribution in [0.4, 0.5) is 33.9 Å². The third-order valence-corrected chi connectivity index (χ3v) is 5.95. The minimum atomic E-state index is -4.70. The molecule has 0 saturated carbocycles.